The Bertz CT molecular complexity index is 2190. The molecule has 4 aromatic rings. The third kappa shape index (κ3) is 15.5. The average Bonchev–Trinajstić information content (AvgIpc) is 3.01. The topological polar surface area (TPSA) is 99.3 Å². The van der Waals surface area contributed by atoms with Crippen molar-refractivity contribution in [1.82, 2.24) is 0 Å². The number of Topliss-reactive ketones (excluding diaryl/α,β-unsaturated/α-hetero) is 2. The number of benzene rings is 4. The molecule has 0 aliphatic carbocycles. The number of aliphatic hydroxyl groups excluding tert-OH is 2. The SMILES string of the molecule is CC(=O)/C(C=N[C@@H](c1cc(C)cc(C)c1)[C@@H](N=C/C(C(C)=O)=C(\O)c1c(C)cc(C)cc1C)c1cc(C)cc(C)c1)=C(/O)c1c(C)cc(C)cc1C.[Co].[F][Sb-]([F])([F])([F])([F])[F]. The minimum atomic E-state index is -11.2. The molecular formula is C46H52CoF6N2O4Sb-. The van der Waals surface area contributed by atoms with Crippen LogP contribution in [-0.4, -0.2) is 53.7 Å². The van der Waals surface area contributed by atoms with Gasteiger partial charge in [-0.25, -0.2) is 0 Å². The monoisotopic (exact) mass is 990 g/mol. The Morgan fingerprint density at radius 2 is 0.700 bits per heavy atom. The third-order valence-electron chi connectivity index (χ3n) is 9.30. The molecule has 0 spiro atoms. The number of ketones is 2. The van der Waals surface area contributed by atoms with Crippen molar-refractivity contribution in [1.29, 1.82) is 0 Å². The van der Waals surface area contributed by atoms with Crippen molar-refractivity contribution in [3.8, 4) is 0 Å². The van der Waals surface area contributed by atoms with Gasteiger partial charge in [0.25, 0.3) is 0 Å². The molecule has 0 aliphatic rings. The number of aliphatic imine (C=N–C) groups is 2. The molecule has 2 N–H and O–H groups in total. The normalized spacial score (nSPS) is 14.8. The predicted octanol–water partition coefficient (Wildman–Crippen LogP) is 12.9. The summed E-state index contributed by atoms with van der Waals surface area (Å²) in [6.07, 6.45) is 2.92. The Hall–Kier alpha value is -4.46. The van der Waals surface area contributed by atoms with Crippen molar-refractivity contribution in [2.24, 2.45) is 9.98 Å². The van der Waals surface area contributed by atoms with Crippen LogP contribution in [0.4, 0.5) is 16.9 Å². The average molecular weight is 992 g/mol. The summed E-state index contributed by atoms with van der Waals surface area (Å²) in [5, 5.41) is 23.3. The summed E-state index contributed by atoms with van der Waals surface area (Å²) >= 11 is -11.2. The molecule has 0 aliphatic heterocycles. The molecule has 0 saturated carbocycles. The summed E-state index contributed by atoms with van der Waals surface area (Å²) in [7, 11) is 0. The zero-order valence-electron chi connectivity index (χ0n) is 35.7. The first-order valence-corrected chi connectivity index (χ1v) is 24.5. The molecule has 0 saturated heterocycles. The number of hydrogen-bond acceptors (Lipinski definition) is 6. The summed E-state index contributed by atoms with van der Waals surface area (Å²) in [4.78, 5) is 36.6. The molecule has 2 atom stereocenters. The fraction of sp³-hybridized carbons (Fsp3) is 0.304. The molecule has 0 heterocycles. The van der Waals surface area contributed by atoms with Crippen LogP contribution in [0.3, 0.4) is 0 Å². The third-order valence-corrected chi connectivity index (χ3v) is 9.30. The van der Waals surface area contributed by atoms with E-state index in [-0.39, 0.29) is 51.0 Å². The molecule has 0 aromatic heterocycles. The molecular weight excluding hydrogens is 939 g/mol. The van der Waals surface area contributed by atoms with E-state index in [0.29, 0.717) is 11.1 Å². The van der Waals surface area contributed by atoms with Gasteiger partial charge in [0, 0.05) is 40.3 Å². The van der Waals surface area contributed by atoms with E-state index in [4.69, 9.17) is 9.98 Å². The van der Waals surface area contributed by atoms with Gasteiger partial charge in [-0.05, 0) is 116 Å². The van der Waals surface area contributed by atoms with Gasteiger partial charge in [-0.2, -0.15) is 0 Å². The zero-order valence-corrected chi connectivity index (χ0v) is 39.3. The number of aliphatic hydroxyl groups is 2. The van der Waals surface area contributed by atoms with E-state index in [1.807, 2.05) is 118 Å². The van der Waals surface area contributed by atoms with Gasteiger partial charge in [0.05, 0.1) is 11.1 Å². The Labute approximate surface area is 361 Å². The maximum atomic E-state index is 13.2. The van der Waals surface area contributed by atoms with E-state index < -0.39 is 31.6 Å². The maximum absolute atomic E-state index is 13.2. The van der Waals surface area contributed by atoms with Crippen molar-refractivity contribution in [2.75, 3.05) is 0 Å². The quantitative estimate of drug-likeness (QED) is 0.0514. The number of hydrogen-bond donors (Lipinski definition) is 2. The number of carbonyl (C=O) groups excluding carboxylic acids is 2. The van der Waals surface area contributed by atoms with Crippen molar-refractivity contribution in [3.63, 3.8) is 0 Å². The zero-order chi connectivity index (χ0) is 45.0. The molecule has 0 unspecified atom stereocenters. The van der Waals surface area contributed by atoms with Crippen molar-refractivity contribution >= 4 is 55.0 Å². The van der Waals surface area contributed by atoms with Crippen LogP contribution in [0.2, 0.25) is 0 Å². The van der Waals surface area contributed by atoms with E-state index in [1.165, 1.54) is 26.3 Å². The summed E-state index contributed by atoms with van der Waals surface area (Å²) in [6.45, 7) is 22.6. The molecule has 0 fully saturated rings. The van der Waals surface area contributed by atoms with Gasteiger partial charge < -0.3 is 10.2 Å². The van der Waals surface area contributed by atoms with Gasteiger partial charge in [-0.15, -0.1) is 0 Å². The fourth-order valence-corrected chi connectivity index (χ4v) is 7.38. The fourth-order valence-electron chi connectivity index (χ4n) is 7.38. The van der Waals surface area contributed by atoms with E-state index in [1.54, 1.807) is 0 Å². The second-order valence-corrected chi connectivity index (χ2v) is 20.9. The molecule has 60 heavy (non-hydrogen) atoms. The van der Waals surface area contributed by atoms with Gasteiger partial charge in [-0.1, -0.05) is 94.0 Å². The van der Waals surface area contributed by atoms with Gasteiger partial charge in [0.1, 0.15) is 23.6 Å². The van der Waals surface area contributed by atoms with E-state index >= 15 is 0 Å². The number of aryl methyl sites for hydroxylation is 10. The van der Waals surface area contributed by atoms with Gasteiger partial charge in [0.15, 0.2) is 11.6 Å². The summed E-state index contributed by atoms with van der Waals surface area (Å²) in [5.74, 6) is -0.927. The van der Waals surface area contributed by atoms with Crippen LogP contribution in [0.25, 0.3) is 11.5 Å². The van der Waals surface area contributed by atoms with Crippen molar-refractivity contribution in [2.45, 2.75) is 95.2 Å². The molecule has 0 amide bonds. The van der Waals surface area contributed by atoms with Gasteiger partial charge in [-0.3, -0.25) is 19.6 Å². The van der Waals surface area contributed by atoms with E-state index in [9.17, 15) is 36.7 Å². The summed E-state index contributed by atoms with van der Waals surface area (Å²) in [5.41, 5.74) is 12.7. The molecule has 1 radical (unpaired) electrons. The van der Waals surface area contributed by atoms with Gasteiger partial charge in [0.2, 0.25) is 0 Å². The molecule has 4 rings (SSSR count). The second-order valence-electron chi connectivity index (χ2n) is 15.4. The second kappa shape index (κ2) is 19.1. The first-order valence-electron chi connectivity index (χ1n) is 18.7. The predicted molar refractivity (Wildman–Crippen MR) is 228 cm³/mol. The standard InChI is InChI=1S/C46H52N2O4.Co.6FH.Sb/c1-25-13-26(2)20-37(19-25)43(47-23-39(35(11)49)45(51)41-31(7)15-29(5)16-32(41)8)44(38-21-27(3)14-28(4)22-38)48-24-40(36(12)50)46(52)42-33(9)17-30(6)18-34(42)10;;;;;;;;/h13-24,43-44,51-52H,1-12H3;;6*1H;/q;;;;;;;;+5/p-6/b45-39+,46-40+,47-23?,48-24?;;;;;;;;/t43-,44-;;;;;;;;/m0......../s1. The summed E-state index contributed by atoms with van der Waals surface area (Å²) < 4.78 is 59.6. The van der Waals surface area contributed by atoms with Gasteiger partial charge >= 0.3 is 36.4 Å². The van der Waals surface area contributed by atoms with Crippen LogP contribution in [0.5, 0.6) is 0 Å². The Kier molecular flexibility index (Phi) is 16.4. The van der Waals surface area contributed by atoms with Crippen LogP contribution in [0.15, 0.2) is 81.8 Å². The Balaban J connectivity index is 0.00000142. The molecule has 0 bridgehead atoms. The van der Waals surface area contributed by atoms with Crippen LogP contribution >= 0.6 is 0 Å². The van der Waals surface area contributed by atoms with Crippen LogP contribution in [0, 0.1) is 69.2 Å². The molecule has 327 valence electrons. The Morgan fingerprint density at radius 1 is 0.483 bits per heavy atom. The number of allylic oxidation sites excluding steroid dienone is 2. The first kappa shape index (κ1) is 51.7. The van der Waals surface area contributed by atoms with Crippen LogP contribution in [-0.2, 0) is 26.4 Å². The molecule has 6 nitrogen and oxygen atoms in total. The number of rotatable bonds is 11. The summed E-state index contributed by atoms with van der Waals surface area (Å²) in [6, 6.07) is 18.9. The van der Waals surface area contributed by atoms with Crippen molar-refractivity contribution < 1.29 is 53.5 Å². The number of halogens is 6. The minimum absolute atomic E-state index is 0. The van der Waals surface area contributed by atoms with E-state index in [0.717, 1.165) is 66.8 Å². The first-order chi connectivity index (χ1) is 26.8. The van der Waals surface area contributed by atoms with Crippen LogP contribution in [0.1, 0.15) is 104 Å². The van der Waals surface area contributed by atoms with Crippen LogP contribution < -0.4 is 0 Å². The van der Waals surface area contributed by atoms with E-state index in [2.05, 4.69) is 12.1 Å². The number of nitrogens with zero attached hydrogens (tertiary/aromatic N) is 2. The Morgan fingerprint density at radius 3 is 0.917 bits per heavy atom. The van der Waals surface area contributed by atoms with Crippen molar-refractivity contribution in [3.05, 3.63) is 150 Å². The molecule has 14 heteroatoms. The molecule has 4 aromatic carbocycles. The number of carbonyl (C=O) groups is 2.